The number of nitrogens with zero attached hydrogens (tertiary/aromatic N) is 2. The maximum atomic E-state index is 6.08. The molecule has 2 N–H and O–H groups in total. The third-order valence-corrected chi connectivity index (χ3v) is 4.62. The van der Waals surface area contributed by atoms with Gasteiger partial charge in [-0.3, -0.25) is 4.99 Å². The van der Waals surface area contributed by atoms with Gasteiger partial charge in [-0.2, -0.15) is 0 Å². The minimum absolute atomic E-state index is 0. The molecule has 3 rings (SSSR count). The average Bonchev–Trinajstić information content (AvgIpc) is 3.30. The van der Waals surface area contributed by atoms with Crippen LogP contribution in [0, 0.1) is 0 Å². The van der Waals surface area contributed by atoms with Crippen molar-refractivity contribution in [1.82, 2.24) is 15.6 Å². The third-order valence-electron chi connectivity index (χ3n) is 4.62. The second kappa shape index (κ2) is 10.8. The van der Waals surface area contributed by atoms with Crippen molar-refractivity contribution in [3.63, 3.8) is 0 Å². The van der Waals surface area contributed by atoms with Crippen molar-refractivity contribution in [3.8, 4) is 5.88 Å². The smallest absolute Gasteiger partial charge is 0.218 e. The molecule has 1 atom stereocenters. The van der Waals surface area contributed by atoms with Crippen LogP contribution < -0.4 is 15.4 Å². The Morgan fingerprint density at radius 1 is 1.28 bits per heavy atom. The van der Waals surface area contributed by atoms with Gasteiger partial charge in [-0.25, -0.2) is 4.98 Å². The Morgan fingerprint density at radius 3 is 2.84 bits per heavy atom. The van der Waals surface area contributed by atoms with Crippen LogP contribution in [-0.2, 0) is 11.3 Å². The molecule has 0 amide bonds. The Labute approximate surface area is 167 Å². The summed E-state index contributed by atoms with van der Waals surface area (Å²) in [4.78, 5) is 8.69. The highest BCUT2D eigenvalue weighted by atomic mass is 127. The van der Waals surface area contributed by atoms with Gasteiger partial charge in [0.15, 0.2) is 5.96 Å². The van der Waals surface area contributed by atoms with Crippen LogP contribution in [0.25, 0.3) is 0 Å². The lowest BCUT2D eigenvalue weighted by Gasteiger charge is -2.17. The van der Waals surface area contributed by atoms with Crippen LogP contribution in [0.1, 0.15) is 44.1 Å². The molecule has 1 saturated carbocycles. The van der Waals surface area contributed by atoms with E-state index in [1.165, 1.54) is 12.8 Å². The monoisotopic (exact) mass is 460 g/mol. The standard InChI is InChI=1S/C18H28N4O2.HI/c1-19-18(22-13-16-9-5-11-23-16)21-12-14-6-4-10-20-17(14)24-15-7-2-3-8-15;/h4,6,10,15-16H,2-3,5,7-9,11-13H2,1H3,(H2,19,21,22);1H. The number of hydrogen-bond donors (Lipinski definition) is 2. The van der Waals surface area contributed by atoms with Gasteiger partial charge < -0.3 is 20.1 Å². The number of ether oxygens (including phenoxy) is 2. The normalized spacial score (nSPS) is 21.0. The highest BCUT2D eigenvalue weighted by molar-refractivity contribution is 14.0. The van der Waals surface area contributed by atoms with Crippen LogP contribution in [0.3, 0.4) is 0 Å². The molecule has 140 valence electrons. The van der Waals surface area contributed by atoms with Crippen molar-refractivity contribution < 1.29 is 9.47 Å². The summed E-state index contributed by atoms with van der Waals surface area (Å²) >= 11 is 0. The van der Waals surface area contributed by atoms with E-state index in [2.05, 4.69) is 26.7 Å². The number of hydrogen-bond acceptors (Lipinski definition) is 4. The summed E-state index contributed by atoms with van der Waals surface area (Å²) in [5.74, 6) is 1.52. The Kier molecular flexibility index (Phi) is 8.74. The molecular weight excluding hydrogens is 431 g/mol. The van der Waals surface area contributed by atoms with Gasteiger partial charge in [0.25, 0.3) is 0 Å². The predicted octanol–water partition coefficient (Wildman–Crippen LogP) is 2.87. The molecule has 1 aromatic rings. The van der Waals surface area contributed by atoms with Crippen LogP contribution in [0.2, 0.25) is 0 Å². The topological polar surface area (TPSA) is 67.8 Å². The van der Waals surface area contributed by atoms with Gasteiger partial charge in [-0.05, 0) is 44.6 Å². The van der Waals surface area contributed by atoms with Crippen molar-refractivity contribution >= 4 is 29.9 Å². The molecule has 6 nitrogen and oxygen atoms in total. The number of guanidine groups is 1. The molecule has 0 aromatic carbocycles. The number of aliphatic imine (C=N–C) groups is 1. The van der Waals surface area contributed by atoms with Gasteiger partial charge in [-0.1, -0.05) is 6.07 Å². The van der Waals surface area contributed by atoms with Crippen LogP contribution in [-0.4, -0.2) is 43.4 Å². The molecule has 2 heterocycles. The first-order valence-corrected chi connectivity index (χ1v) is 9.02. The van der Waals surface area contributed by atoms with E-state index in [-0.39, 0.29) is 24.0 Å². The number of aromatic nitrogens is 1. The quantitative estimate of drug-likeness (QED) is 0.388. The Balaban J connectivity index is 0.00000225. The summed E-state index contributed by atoms with van der Waals surface area (Å²) in [6.07, 6.45) is 9.44. The molecule has 2 fully saturated rings. The molecule has 1 aromatic heterocycles. The Hall–Kier alpha value is -1.09. The van der Waals surface area contributed by atoms with E-state index in [0.717, 1.165) is 56.2 Å². The SMILES string of the molecule is CN=C(NCc1cccnc1OC1CCCC1)NCC1CCCO1.I. The average molecular weight is 460 g/mol. The highest BCUT2D eigenvalue weighted by Gasteiger charge is 2.19. The van der Waals surface area contributed by atoms with E-state index in [1.807, 2.05) is 6.07 Å². The van der Waals surface area contributed by atoms with E-state index >= 15 is 0 Å². The first-order chi connectivity index (χ1) is 11.8. The first kappa shape index (κ1) is 20.2. The fourth-order valence-corrected chi connectivity index (χ4v) is 3.24. The summed E-state index contributed by atoms with van der Waals surface area (Å²) in [7, 11) is 1.78. The third kappa shape index (κ3) is 6.29. The largest absolute Gasteiger partial charge is 0.474 e. The summed E-state index contributed by atoms with van der Waals surface area (Å²) < 4.78 is 11.7. The van der Waals surface area contributed by atoms with Crippen molar-refractivity contribution in [2.24, 2.45) is 4.99 Å². The molecule has 1 saturated heterocycles. The van der Waals surface area contributed by atoms with Crippen molar-refractivity contribution in [3.05, 3.63) is 23.9 Å². The fourth-order valence-electron chi connectivity index (χ4n) is 3.24. The molecule has 1 aliphatic heterocycles. The lowest BCUT2D eigenvalue weighted by atomic mass is 10.2. The molecule has 1 unspecified atom stereocenters. The second-order valence-electron chi connectivity index (χ2n) is 6.43. The molecule has 0 spiro atoms. The first-order valence-electron chi connectivity index (χ1n) is 9.02. The van der Waals surface area contributed by atoms with E-state index in [0.29, 0.717) is 18.8 Å². The summed E-state index contributed by atoms with van der Waals surface area (Å²) in [5.41, 5.74) is 1.06. The zero-order chi connectivity index (χ0) is 16.6. The zero-order valence-corrected chi connectivity index (χ0v) is 17.2. The molecule has 25 heavy (non-hydrogen) atoms. The predicted molar refractivity (Wildman–Crippen MR) is 110 cm³/mol. The Morgan fingerprint density at radius 2 is 2.12 bits per heavy atom. The summed E-state index contributed by atoms with van der Waals surface area (Å²) in [6.45, 7) is 2.30. The minimum Gasteiger partial charge on any atom is -0.474 e. The number of nitrogens with one attached hydrogen (secondary N) is 2. The number of rotatable bonds is 6. The van der Waals surface area contributed by atoms with Gasteiger partial charge >= 0.3 is 0 Å². The van der Waals surface area contributed by atoms with Gasteiger partial charge in [0.05, 0.1) is 6.10 Å². The van der Waals surface area contributed by atoms with E-state index in [1.54, 1.807) is 13.2 Å². The number of halogens is 1. The molecule has 1 aliphatic carbocycles. The van der Waals surface area contributed by atoms with Crippen LogP contribution in [0.4, 0.5) is 0 Å². The van der Waals surface area contributed by atoms with Crippen LogP contribution >= 0.6 is 24.0 Å². The van der Waals surface area contributed by atoms with Gasteiger partial charge in [0.1, 0.15) is 6.10 Å². The van der Waals surface area contributed by atoms with Gasteiger partial charge in [0.2, 0.25) is 5.88 Å². The van der Waals surface area contributed by atoms with Gasteiger partial charge in [-0.15, -0.1) is 24.0 Å². The molecular formula is C18H29IN4O2. The number of pyridine rings is 1. The van der Waals surface area contributed by atoms with Crippen molar-refractivity contribution in [1.29, 1.82) is 0 Å². The molecule has 2 aliphatic rings. The minimum atomic E-state index is 0. The van der Waals surface area contributed by atoms with E-state index in [9.17, 15) is 0 Å². The molecule has 0 radical (unpaired) electrons. The van der Waals surface area contributed by atoms with Crippen molar-refractivity contribution in [2.45, 2.75) is 57.3 Å². The van der Waals surface area contributed by atoms with Crippen LogP contribution in [0.5, 0.6) is 5.88 Å². The lowest BCUT2D eigenvalue weighted by Crippen LogP contribution is -2.40. The highest BCUT2D eigenvalue weighted by Crippen LogP contribution is 2.24. The van der Waals surface area contributed by atoms with Crippen molar-refractivity contribution in [2.75, 3.05) is 20.2 Å². The zero-order valence-electron chi connectivity index (χ0n) is 14.9. The summed E-state index contributed by atoms with van der Waals surface area (Å²) in [5, 5.41) is 6.67. The summed E-state index contributed by atoms with van der Waals surface area (Å²) in [6, 6.07) is 4.00. The maximum absolute atomic E-state index is 6.08. The molecule has 0 bridgehead atoms. The Bertz CT molecular complexity index is 544. The van der Waals surface area contributed by atoms with E-state index in [4.69, 9.17) is 9.47 Å². The lowest BCUT2D eigenvalue weighted by molar-refractivity contribution is 0.114. The van der Waals surface area contributed by atoms with Crippen LogP contribution in [0.15, 0.2) is 23.3 Å². The maximum Gasteiger partial charge on any atom is 0.218 e. The van der Waals surface area contributed by atoms with Gasteiger partial charge in [0, 0.05) is 38.5 Å². The fraction of sp³-hybridized carbons (Fsp3) is 0.667. The second-order valence-corrected chi connectivity index (χ2v) is 6.43. The van der Waals surface area contributed by atoms with E-state index < -0.39 is 0 Å². The molecule has 7 heteroatoms.